The Labute approximate surface area is 140 Å². The van der Waals surface area contributed by atoms with Gasteiger partial charge in [0, 0.05) is 0 Å². The summed E-state index contributed by atoms with van der Waals surface area (Å²) in [5, 5.41) is 9.95. The third kappa shape index (κ3) is 5.02. The summed E-state index contributed by atoms with van der Waals surface area (Å²) < 4.78 is 6.02. The molecule has 0 bridgehead atoms. The molecule has 2 rings (SSSR count). The highest BCUT2D eigenvalue weighted by molar-refractivity contribution is 5.45. The molecule has 1 atom stereocenters. The van der Waals surface area contributed by atoms with Gasteiger partial charge in [0.2, 0.25) is 0 Å². The van der Waals surface area contributed by atoms with Crippen LogP contribution < -0.4 is 4.74 Å². The number of phenolic OH excluding ortho intramolecular Hbond substituents is 1. The molecule has 0 aliphatic rings. The van der Waals surface area contributed by atoms with Gasteiger partial charge in [-0.2, -0.15) is 0 Å². The largest absolute Gasteiger partial charge is 0.504 e. The van der Waals surface area contributed by atoms with Gasteiger partial charge in [-0.3, -0.25) is 0 Å². The topological polar surface area (TPSA) is 29.5 Å². The lowest BCUT2D eigenvalue weighted by molar-refractivity contribution is 0.403. The van der Waals surface area contributed by atoms with Crippen molar-refractivity contribution in [2.45, 2.75) is 58.3 Å². The zero-order chi connectivity index (χ0) is 16.5. The van der Waals surface area contributed by atoms with Crippen LogP contribution in [-0.2, 0) is 0 Å². The maximum absolute atomic E-state index is 9.95. The summed E-state index contributed by atoms with van der Waals surface area (Å²) in [5.41, 5.74) is 1.26. The van der Waals surface area contributed by atoms with Crippen molar-refractivity contribution in [2.24, 2.45) is 0 Å². The zero-order valence-electron chi connectivity index (χ0n) is 14.3. The Balaban J connectivity index is 2.22. The summed E-state index contributed by atoms with van der Waals surface area (Å²) in [6.07, 6.45) is 7.32. The van der Waals surface area contributed by atoms with Gasteiger partial charge in [-0.1, -0.05) is 69.9 Å². The Morgan fingerprint density at radius 2 is 1.52 bits per heavy atom. The number of para-hydroxylation sites is 3. The standard InChI is InChI=1S/C21H28O2/c1-3-5-6-12-17(11-4-2)18-13-7-9-15-20(18)23-21-16-10-8-14-19(21)22/h7-10,13-17,22H,3-6,11-12H2,1-2H3. The molecule has 1 unspecified atom stereocenters. The number of ether oxygens (including phenoxy) is 1. The van der Waals surface area contributed by atoms with Gasteiger partial charge in [-0.05, 0) is 42.5 Å². The minimum absolute atomic E-state index is 0.181. The molecule has 2 nitrogen and oxygen atoms in total. The summed E-state index contributed by atoms with van der Waals surface area (Å²) in [6.45, 7) is 4.48. The first-order valence-corrected chi connectivity index (χ1v) is 8.81. The Morgan fingerprint density at radius 3 is 2.22 bits per heavy atom. The van der Waals surface area contributed by atoms with Crippen LogP contribution >= 0.6 is 0 Å². The van der Waals surface area contributed by atoms with Gasteiger partial charge >= 0.3 is 0 Å². The number of hydrogen-bond acceptors (Lipinski definition) is 2. The van der Waals surface area contributed by atoms with Crippen LogP contribution in [0.15, 0.2) is 48.5 Å². The van der Waals surface area contributed by atoms with E-state index < -0.39 is 0 Å². The van der Waals surface area contributed by atoms with Crippen LogP contribution in [0.2, 0.25) is 0 Å². The fourth-order valence-electron chi connectivity index (χ4n) is 3.02. The number of unbranched alkanes of at least 4 members (excludes halogenated alkanes) is 2. The highest BCUT2D eigenvalue weighted by Gasteiger charge is 2.16. The van der Waals surface area contributed by atoms with Crippen LogP contribution in [0.3, 0.4) is 0 Å². The molecule has 0 heterocycles. The molecular weight excluding hydrogens is 284 g/mol. The van der Waals surface area contributed by atoms with Gasteiger partial charge in [0.1, 0.15) is 5.75 Å². The van der Waals surface area contributed by atoms with E-state index in [0.29, 0.717) is 11.7 Å². The molecule has 2 aromatic rings. The van der Waals surface area contributed by atoms with Gasteiger partial charge in [0.25, 0.3) is 0 Å². The van der Waals surface area contributed by atoms with Crippen LogP contribution in [0.4, 0.5) is 0 Å². The van der Waals surface area contributed by atoms with E-state index >= 15 is 0 Å². The summed E-state index contributed by atoms with van der Waals surface area (Å²) in [7, 11) is 0. The second-order valence-electron chi connectivity index (χ2n) is 6.09. The first-order valence-electron chi connectivity index (χ1n) is 8.81. The summed E-state index contributed by atoms with van der Waals surface area (Å²) in [5.74, 6) is 2.08. The predicted octanol–water partition coefficient (Wildman–Crippen LogP) is 6.65. The van der Waals surface area contributed by atoms with E-state index in [2.05, 4.69) is 26.0 Å². The molecule has 0 radical (unpaired) electrons. The van der Waals surface area contributed by atoms with Crippen molar-refractivity contribution in [1.82, 2.24) is 0 Å². The van der Waals surface area contributed by atoms with Crippen molar-refractivity contribution in [3.8, 4) is 17.2 Å². The molecule has 23 heavy (non-hydrogen) atoms. The number of hydrogen-bond donors (Lipinski definition) is 1. The molecule has 0 aliphatic heterocycles. The summed E-state index contributed by atoms with van der Waals surface area (Å²) in [6, 6.07) is 15.4. The molecule has 0 spiro atoms. The van der Waals surface area contributed by atoms with Crippen LogP contribution in [0.1, 0.15) is 63.9 Å². The van der Waals surface area contributed by atoms with Gasteiger partial charge < -0.3 is 9.84 Å². The third-order valence-corrected chi connectivity index (χ3v) is 4.24. The molecule has 0 saturated carbocycles. The lowest BCUT2D eigenvalue weighted by Crippen LogP contribution is -2.02. The van der Waals surface area contributed by atoms with E-state index in [1.807, 2.05) is 18.2 Å². The molecular formula is C21H28O2. The summed E-state index contributed by atoms with van der Waals surface area (Å²) >= 11 is 0. The van der Waals surface area contributed by atoms with E-state index in [9.17, 15) is 5.11 Å². The lowest BCUT2D eigenvalue weighted by atomic mass is 9.89. The molecule has 0 saturated heterocycles. The van der Waals surface area contributed by atoms with Crippen LogP contribution in [0.25, 0.3) is 0 Å². The second kappa shape index (κ2) is 9.24. The van der Waals surface area contributed by atoms with Gasteiger partial charge in [0.15, 0.2) is 11.5 Å². The maximum atomic E-state index is 9.95. The molecule has 1 N–H and O–H groups in total. The molecule has 0 fully saturated rings. The number of phenols is 1. The minimum Gasteiger partial charge on any atom is -0.504 e. The first-order chi connectivity index (χ1) is 11.3. The number of aromatic hydroxyl groups is 1. The highest BCUT2D eigenvalue weighted by Crippen LogP contribution is 2.38. The second-order valence-corrected chi connectivity index (χ2v) is 6.09. The monoisotopic (exact) mass is 312 g/mol. The molecule has 2 heteroatoms. The van der Waals surface area contributed by atoms with Crippen molar-refractivity contribution in [3.05, 3.63) is 54.1 Å². The average molecular weight is 312 g/mol. The molecule has 0 amide bonds. The van der Waals surface area contributed by atoms with Crippen molar-refractivity contribution >= 4 is 0 Å². The van der Waals surface area contributed by atoms with Crippen molar-refractivity contribution < 1.29 is 9.84 Å². The van der Waals surface area contributed by atoms with E-state index in [0.717, 1.165) is 5.75 Å². The molecule has 0 aliphatic carbocycles. The third-order valence-electron chi connectivity index (χ3n) is 4.24. The highest BCUT2D eigenvalue weighted by atomic mass is 16.5. The average Bonchev–Trinajstić information content (AvgIpc) is 2.57. The smallest absolute Gasteiger partial charge is 0.169 e. The van der Waals surface area contributed by atoms with Gasteiger partial charge in [-0.25, -0.2) is 0 Å². The molecule has 0 aromatic heterocycles. The number of benzene rings is 2. The summed E-state index contributed by atoms with van der Waals surface area (Å²) in [4.78, 5) is 0. The van der Waals surface area contributed by atoms with Gasteiger partial charge in [-0.15, -0.1) is 0 Å². The quantitative estimate of drug-likeness (QED) is 0.525. The van der Waals surface area contributed by atoms with E-state index in [4.69, 9.17) is 4.74 Å². The Bertz CT molecular complexity index is 592. The van der Waals surface area contributed by atoms with Gasteiger partial charge in [0.05, 0.1) is 0 Å². The maximum Gasteiger partial charge on any atom is 0.169 e. The fourth-order valence-corrected chi connectivity index (χ4v) is 3.02. The predicted molar refractivity (Wildman–Crippen MR) is 96.4 cm³/mol. The molecule has 124 valence electrons. The first kappa shape index (κ1) is 17.4. The SMILES string of the molecule is CCCCCC(CCC)c1ccccc1Oc1ccccc1O. The Kier molecular flexibility index (Phi) is 6.99. The van der Waals surface area contributed by atoms with Crippen LogP contribution in [0, 0.1) is 0 Å². The minimum atomic E-state index is 0.181. The van der Waals surface area contributed by atoms with E-state index in [-0.39, 0.29) is 5.75 Å². The normalized spacial score (nSPS) is 12.1. The lowest BCUT2D eigenvalue weighted by Gasteiger charge is -2.20. The van der Waals surface area contributed by atoms with Crippen molar-refractivity contribution in [3.63, 3.8) is 0 Å². The fraction of sp³-hybridized carbons (Fsp3) is 0.429. The van der Waals surface area contributed by atoms with E-state index in [1.165, 1.54) is 44.1 Å². The Morgan fingerprint density at radius 1 is 0.826 bits per heavy atom. The Hall–Kier alpha value is -1.96. The number of rotatable bonds is 9. The zero-order valence-corrected chi connectivity index (χ0v) is 14.3. The van der Waals surface area contributed by atoms with Crippen LogP contribution in [-0.4, -0.2) is 5.11 Å². The van der Waals surface area contributed by atoms with Crippen LogP contribution in [0.5, 0.6) is 17.2 Å². The van der Waals surface area contributed by atoms with Crippen molar-refractivity contribution in [2.75, 3.05) is 0 Å². The van der Waals surface area contributed by atoms with E-state index in [1.54, 1.807) is 18.2 Å². The van der Waals surface area contributed by atoms with Crippen molar-refractivity contribution in [1.29, 1.82) is 0 Å². The molecule has 2 aromatic carbocycles.